The second-order valence-corrected chi connectivity index (χ2v) is 8.35. The van der Waals surface area contributed by atoms with Crippen LogP contribution in [0.1, 0.15) is 30.1 Å². The minimum Gasteiger partial charge on any atom is -0.455 e. The third kappa shape index (κ3) is 5.40. The van der Waals surface area contributed by atoms with Crippen LogP contribution in [0, 0.1) is 26.7 Å². The van der Waals surface area contributed by atoms with Crippen molar-refractivity contribution < 1.29 is 14.3 Å². The molecule has 0 spiro atoms. The van der Waals surface area contributed by atoms with Crippen LogP contribution in [-0.4, -0.2) is 40.7 Å². The Balaban J connectivity index is 1.94. The first kappa shape index (κ1) is 19.7. The molecule has 0 saturated carbocycles. The summed E-state index contributed by atoms with van der Waals surface area (Å²) in [5, 5.41) is 4.49. The van der Waals surface area contributed by atoms with Gasteiger partial charge in [0.25, 0.3) is 5.91 Å². The molecule has 1 amide bonds. The Bertz CT molecular complexity index is 787. The zero-order chi connectivity index (χ0) is 18.6. The van der Waals surface area contributed by atoms with Gasteiger partial charge in [0.1, 0.15) is 15.7 Å². The molecule has 0 aliphatic carbocycles. The monoisotopic (exact) mass is 381 g/mol. The topological polar surface area (TPSA) is 81.2 Å². The summed E-state index contributed by atoms with van der Waals surface area (Å²) in [6.07, 6.45) is 0. The number of thioether (sulfide) groups is 1. The molecule has 2 aromatic rings. The highest BCUT2D eigenvalue weighted by molar-refractivity contribution is 8.00. The molecular weight excluding hydrogens is 358 g/mol. The van der Waals surface area contributed by atoms with Crippen LogP contribution in [0.2, 0.25) is 0 Å². The van der Waals surface area contributed by atoms with Crippen LogP contribution in [0.5, 0.6) is 0 Å². The molecule has 0 aromatic carbocycles. The van der Waals surface area contributed by atoms with Crippen molar-refractivity contribution in [3.05, 3.63) is 16.3 Å². The van der Waals surface area contributed by atoms with Crippen molar-refractivity contribution in [2.45, 2.75) is 39.6 Å². The van der Waals surface area contributed by atoms with Crippen LogP contribution in [0.4, 0.5) is 0 Å². The highest BCUT2D eigenvalue weighted by Gasteiger charge is 2.16. The van der Waals surface area contributed by atoms with E-state index in [0.717, 1.165) is 20.8 Å². The van der Waals surface area contributed by atoms with Crippen molar-refractivity contribution in [1.29, 1.82) is 0 Å². The summed E-state index contributed by atoms with van der Waals surface area (Å²) in [6.45, 7) is 10.2. The predicted octanol–water partition coefficient (Wildman–Crippen LogP) is 3.02. The number of hydrogen-bond acceptors (Lipinski definition) is 7. The third-order valence-corrected chi connectivity index (χ3v) is 5.56. The van der Waals surface area contributed by atoms with Crippen LogP contribution in [0.25, 0.3) is 10.2 Å². The van der Waals surface area contributed by atoms with Crippen molar-refractivity contribution in [3.8, 4) is 0 Å². The van der Waals surface area contributed by atoms with Gasteiger partial charge in [-0.15, -0.1) is 11.3 Å². The molecule has 25 heavy (non-hydrogen) atoms. The van der Waals surface area contributed by atoms with Gasteiger partial charge in [0.05, 0.1) is 5.75 Å². The van der Waals surface area contributed by atoms with Crippen LogP contribution < -0.4 is 5.32 Å². The van der Waals surface area contributed by atoms with Crippen LogP contribution >= 0.6 is 23.1 Å². The molecule has 8 heteroatoms. The Morgan fingerprint density at radius 3 is 2.64 bits per heavy atom. The van der Waals surface area contributed by atoms with Gasteiger partial charge in [0.15, 0.2) is 6.61 Å². The molecule has 0 atom stereocenters. The molecule has 0 radical (unpaired) electrons. The maximum Gasteiger partial charge on any atom is 0.316 e. The molecule has 0 saturated heterocycles. The normalized spacial score (nSPS) is 11.1. The average molecular weight is 382 g/mol. The summed E-state index contributed by atoms with van der Waals surface area (Å²) in [4.78, 5) is 34.5. The number of carbonyl (C=O) groups is 2. The highest BCUT2D eigenvalue weighted by atomic mass is 32.2. The van der Waals surface area contributed by atoms with E-state index in [4.69, 9.17) is 4.74 Å². The SMILES string of the molecule is Cc1nc(SCC(=O)OCC(=O)NCC(C)C)c2c(C)c(C)sc2n1. The summed E-state index contributed by atoms with van der Waals surface area (Å²) in [5.74, 6) is 0.432. The van der Waals surface area contributed by atoms with Gasteiger partial charge in [-0.05, 0) is 32.3 Å². The van der Waals surface area contributed by atoms with Crippen LogP contribution in [-0.2, 0) is 14.3 Å². The summed E-state index contributed by atoms with van der Waals surface area (Å²) in [7, 11) is 0. The minimum absolute atomic E-state index is 0.108. The lowest BCUT2D eigenvalue weighted by atomic mass is 10.2. The van der Waals surface area contributed by atoms with E-state index in [-0.39, 0.29) is 18.3 Å². The standard InChI is InChI=1S/C17H23N3O3S2/c1-9(2)6-18-13(21)7-23-14(22)8-24-16-15-10(3)11(4)25-17(15)20-12(5)19-16/h9H,6-8H2,1-5H3,(H,18,21). The number of aromatic nitrogens is 2. The first-order valence-corrected chi connectivity index (χ1v) is 9.87. The molecule has 1 N–H and O–H groups in total. The average Bonchev–Trinajstić information content (AvgIpc) is 2.82. The number of nitrogens with zero attached hydrogens (tertiary/aromatic N) is 2. The van der Waals surface area contributed by atoms with Gasteiger partial charge in [0, 0.05) is 16.8 Å². The third-order valence-electron chi connectivity index (χ3n) is 3.51. The number of amides is 1. The van der Waals surface area contributed by atoms with Crippen molar-refractivity contribution in [2.24, 2.45) is 5.92 Å². The Kier molecular flexibility index (Phi) is 6.78. The smallest absolute Gasteiger partial charge is 0.316 e. The number of thiophene rings is 1. The molecular formula is C17H23N3O3S2. The first-order chi connectivity index (χ1) is 11.8. The van der Waals surface area contributed by atoms with Crippen LogP contribution in [0.15, 0.2) is 5.03 Å². The molecule has 0 aliphatic heterocycles. The Labute approximate surface area is 155 Å². The quantitative estimate of drug-likeness (QED) is 0.451. The van der Waals surface area contributed by atoms with Crippen molar-refractivity contribution >= 4 is 45.2 Å². The van der Waals surface area contributed by atoms with Crippen LogP contribution in [0.3, 0.4) is 0 Å². The number of esters is 1. The number of fused-ring (bicyclic) bond motifs is 1. The van der Waals surface area contributed by atoms with E-state index in [0.29, 0.717) is 18.3 Å². The molecule has 2 heterocycles. The van der Waals surface area contributed by atoms with E-state index in [9.17, 15) is 9.59 Å². The van der Waals surface area contributed by atoms with Crippen molar-refractivity contribution in [3.63, 3.8) is 0 Å². The van der Waals surface area contributed by atoms with Gasteiger partial charge in [-0.2, -0.15) is 0 Å². The van der Waals surface area contributed by atoms with Gasteiger partial charge in [-0.3, -0.25) is 9.59 Å². The Hall–Kier alpha value is -1.67. The summed E-state index contributed by atoms with van der Waals surface area (Å²) < 4.78 is 5.02. The van der Waals surface area contributed by atoms with E-state index >= 15 is 0 Å². The van der Waals surface area contributed by atoms with Gasteiger partial charge in [0.2, 0.25) is 0 Å². The number of rotatable bonds is 7. The lowest BCUT2D eigenvalue weighted by molar-refractivity contribution is -0.145. The predicted molar refractivity (Wildman–Crippen MR) is 101 cm³/mol. The molecule has 2 rings (SSSR count). The van der Waals surface area contributed by atoms with Gasteiger partial charge >= 0.3 is 5.97 Å². The molecule has 0 unspecified atom stereocenters. The fourth-order valence-electron chi connectivity index (χ4n) is 2.10. The van der Waals surface area contributed by atoms with Gasteiger partial charge < -0.3 is 10.1 Å². The van der Waals surface area contributed by atoms with E-state index in [1.807, 2.05) is 27.7 Å². The van der Waals surface area contributed by atoms with Crippen molar-refractivity contribution in [2.75, 3.05) is 18.9 Å². The second kappa shape index (κ2) is 8.62. The Morgan fingerprint density at radius 2 is 1.96 bits per heavy atom. The second-order valence-electron chi connectivity index (χ2n) is 6.19. The number of carbonyl (C=O) groups excluding carboxylic acids is 2. The molecule has 0 fully saturated rings. The lowest BCUT2D eigenvalue weighted by Crippen LogP contribution is -2.31. The number of nitrogens with one attached hydrogen (secondary N) is 1. The summed E-state index contributed by atoms with van der Waals surface area (Å²) >= 11 is 2.95. The molecule has 0 aliphatic rings. The fourth-order valence-corrected chi connectivity index (χ4v) is 4.17. The first-order valence-electron chi connectivity index (χ1n) is 8.07. The van der Waals surface area contributed by atoms with Gasteiger partial charge in [-0.1, -0.05) is 25.6 Å². The molecule has 0 bridgehead atoms. The van der Waals surface area contributed by atoms with Gasteiger partial charge in [-0.25, -0.2) is 9.97 Å². The minimum atomic E-state index is -0.432. The van der Waals surface area contributed by atoms with E-state index in [1.54, 1.807) is 11.3 Å². The highest BCUT2D eigenvalue weighted by Crippen LogP contribution is 2.35. The maximum atomic E-state index is 11.9. The number of aryl methyl sites for hydroxylation is 3. The zero-order valence-corrected chi connectivity index (χ0v) is 16.8. The number of ether oxygens (including phenoxy) is 1. The maximum absolute atomic E-state index is 11.9. The summed E-state index contributed by atoms with van der Waals surface area (Å²) in [6, 6.07) is 0. The fraction of sp³-hybridized carbons (Fsp3) is 0.529. The zero-order valence-electron chi connectivity index (χ0n) is 15.1. The molecule has 2 aromatic heterocycles. The molecule has 136 valence electrons. The largest absolute Gasteiger partial charge is 0.455 e. The summed E-state index contributed by atoms with van der Waals surface area (Å²) in [5.41, 5.74) is 1.14. The molecule has 6 nitrogen and oxygen atoms in total. The van der Waals surface area contributed by atoms with E-state index in [2.05, 4.69) is 22.2 Å². The number of hydrogen-bond donors (Lipinski definition) is 1. The Morgan fingerprint density at radius 1 is 1.24 bits per heavy atom. The van der Waals surface area contributed by atoms with E-state index in [1.165, 1.54) is 16.6 Å². The lowest BCUT2D eigenvalue weighted by Gasteiger charge is -2.08. The van der Waals surface area contributed by atoms with Crippen molar-refractivity contribution in [1.82, 2.24) is 15.3 Å². The van der Waals surface area contributed by atoms with E-state index < -0.39 is 5.97 Å².